The van der Waals surface area contributed by atoms with Gasteiger partial charge in [-0.05, 0) is 55.3 Å². The van der Waals surface area contributed by atoms with Gasteiger partial charge in [0.2, 0.25) is 5.91 Å². The quantitative estimate of drug-likeness (QED) is 0.435. The lowest BCUT2D eigenvalue weighted by molar-refractivity contribution is -0.116. The van der Waals surface area contributed by atoms with Gasteiger partial charge in [0.25, 0.3) is 0 Å². The lowest BCUT2D eigenvalue weighted by Gasteiger charge is -2.29. The summed E-state index contributed by atoms with van der Waals surface area (Å²) in [7, 11) is 0. The molecule has 5 nitrogen and oxygen atoms in total. The van der Waals surface area contributed by atoms with E-state index < -0.39 is 0 Å². The van der Waals surface area contributed by atoms with Crippen molar-refractivity contribution in [1.82, 2.24) is 9.88 Å². The van der Waals surface area contributed by atoms with Crippen molar-refractivity contribution in [2.75, 3.05) is 50.0 Å². The van der Waals surface area contributed by atoms with Crippen molar-refractivity contribution in [2.24, 2.45) is 0 Å². The molecule has 32 heavy (non-hydrogen) atoms. The molecule has 1 saturated heterocycles. The van der Waals surface area contributed by atoms with Gasteiger partial charge in [-0.3, -0.25) is 14.6 Å². The molecule has 1 fully saturated rings. The highest BCUT2D eigenvalue weighted by atomic mass is 35.5. The molecule has 1 aliphatic rings. The van der Waals surface area contributed by atoms with Crippen LogP contribution >= 0.6 is 35.5 Å². The number of benzene rings is 2. The fourth-order valence-corrected chi connectivity index (χ4v) is 5.32. The molecule has 172 valence electrons. The van der Waals surface area contributed by atoms with E-state index in [1.807, 2.05) is 4.90 Å². The van der Waals surface area contributed by atoms with Crippen LogP contribution in [0.3, 0.4) is 0 Å². The number of anilines is 1. The number of thiazole rings is 1. The van der Waals surface area contributed by atoms with Crippen LogP contribution in [0, 0.1) is 19.7 Å². The number of aromatic nitrogens is 1. The molecular weight excluding hydrogens is 469 g/mol. The number of halogens is 2. The fraction of sp³-hybridized carbons (Fsp3) is 0.391. The smallest absolute Gasteiger partial charge is 0.239 e. The zero-order valence-corrected chi connectivity index (χ0v) is 20.6. The third kappa shape index (κ3) is 5.99. The Hall–Kier alpha value is -1.71. The molecule has 0 N–H and O–H groups in total. The largest absolute Gasteiger partial charge is 0.379 e. The average Bonchev–Trinajstić information content (AvgIpc) is 3.21. The maximum atomic E-state index is 13.2. The maximum Gasteiger partial charge on any atom is 0.239 e. The van der Waals surface area contributed by atoms with Crippen LogP contribution in [0.4, 0.5) is 9.52 Å². The van der Waals surface area contributed by atoms with E-state index in [2.05, 4.69) is 30.9 Å². The summed E-state index contributed by atoms with van der Waals surface area (Å²) in [6.45, 7) is 8.74. The number of carbonyl (C=O) groups is 1. The van der Waals surface area contributed by atoms with Gasteiger partial charge in [0.05, 0.1) is 29.2 Å². The number of rotatable bonds is 7. The number of thioether (sulfide) groups is 1. The molecule has 4 rings (SSSR count). The number of carbonyl (C=O) groups excluding carboxylic acids is 1. The molecule has 0 spiro atoms. The van der Waals surface area contributed by atoms with Gasteiger partial charge in [-0.25, -0.2) is 9.37 Å². The predicted molar refractivity (Wildman–Crippen MR) is 133 cm³/mol. The lowest BCUT2D eigenvalue weighted by Crippen LogP contribution is -2.43. The van der Waals surface area contributed by atoms with Crippen molar-refractivity contribution in [3.63, 3.8) is 0 Å². The standard InChI is InChI=1S/C23H26FN3O2S2.ClH/c1-16-3-8-20-22(17(16)2)25-23(31-20)27(10-9-26-11-13-29-14-12-26)21(28)15-30-19-6-4-18(24)5-7-19;/h3-8H,9-15H2,1-2H3;1H. The van der Waals surface area contributed by atoms with Gasteiger partial charge in [0.1, 0.15) is 5.82 Å². The van der Waals surface area contributed by atoms with Crippen molar-refractivity contribution < 1.29 is 13.9 Å². The summed E-state index contributed by atoms with van der Waals surface area (Å²) in [4.78, 5) is 23.1. The second-order valence-electron chi connectivity index (χ2n) is 7.59. The highest BCUT2D eigenvalue weighted by molar-refractivity contribution is 8.00. The van der Waals surface area contributed by atoms with Gasteiger partial charge in [0.15, 0.2) is 5.13 Å². The van der Waals surface area contributed by atoms with E-state index >= 15 is 0 Å². The molecule has 0 radical (unpaired) electrons. The third-order valence-corrected chi connectivity index (χ3v) is 7.57. The SMILES string of the molecule is Cc1ccc2sc(N(CCN3CCOCC3)C(=O)CSc3ccc(F)cc3)nc2c1C.Cl. The van der Waals surface area contributed by atoms with E-state index in [9.17, 15) is 9.18 Å². The Kier molecular flexibility index (Phi) is 8.90. The van der Waals surface area contributed by atoms with E-state index in [4.69, 9.17) is 9.72 Å². The number of fused-ring (bicyclic) bond motifs is 1. The minimum Gasteiger partial charge on any atom is -0.379 e. The first-order valence-electron chi connectivity index (χ1n) is 10.4. The monoisotopic (exact) mass is 495 g/mol. The van der Waals surface area contributed by atoms with E-state index in [1.165, 1.54) is 29.5 Å². The fourth-order valence-electron chi connectivity index (χ4n) is 3.48. The Morgan fingerprint density at radius 2 is 1.91 bits per heavy atom. The van der Waals surface area contributed by atoms with E-state index in [0.717, 1.165) is 58.7 Å². The van der Waals surface area contributed by atoms with Crippen molar-refractivity contribution in [3.05, 3.63) is 53.3 Å². The summed E-state index contributed by atoms with van der Waals surface area (Å²) in [5.74, 6) is 0.0156. The Bertz CT molecular complexity index is 1060. The zero-order chi connectivity index (χ0) is 21.8. The minimum absolute atomic E-state index is 0. The number of amides is 1. The number of ether oxygens (including phenoxy) is 1. The molecule has 2 aromatic carbocycles. The Labute approximate surface area is 202 Å². The van der Waals surface area contributed by atoms with Gasteiger partial charge in [0, 0.05) is 31.1 Å². The second-order valence-corrected chi connectivity index (χ2v) is 9.65. The first kappa shape index (κ1) is 24.9. The predicted octanol–water partition coefficient (Wildman–Crippen LogP) is 4.93. The van der Waals surface area contributed by atoms with Crippen LogP contribution in [0.5, 0.6) is 0 Å². The van der Waals surface area contributed by atoms with Crippen LogP contribution in [0.1, 0.15) is 11.1 Å². The van der Waals surface area contributed by atoms with E-state index in [-0.39, 0.29) is 29.9 Å². The van der Waals surface area contributed by atoms with Crippen molar-refractivity contribution in [2.45, 2.75) is 18.7 Å². The van der Waals surface area contributed by atoms with Gasteiger partial charge >= 0.3 is 0 Å². The Morgan fingerprint density at radius 3 is 2.62 bits per heavy atom. The second kappa shape index (κ2) is 11.4. The summed E-state index contributed by atoms with van der Waals surface area (Å²) in [5, 5.41) is 0.738. The van der Waals surface area contributed by atoms with Crippen LogP contribution in [0.15, 0.2) is 41.3 Å². The van der Waals surface area contributed by atoms with Gasteiger partial charge in [-0.2, -0.15) is 0 Å². The Morgan fingerprint density at radius 1 is 1.19 bits per heavy atom. The van der Waals surface area contributed by atoms with Crippen LogP contribution in [-0.2, 0) is 9.53 Å². The minimum atomic E-state index is -0.275. The summed E-state index contributed by atoms with van der Waals surface area (Å²) < 4.78 is 19.7. The molecule has 9 heteroatoms. The maximum absolute atomic E-state index is 13.2. The van der Waals surface area contributed by atoms with Crippen LogP contribution in [-0.4, -0.2) is 60.9 Å². The molecule has 0 atom stereocenters. The third-order valence-electron chi connectivity index (χ3n) is 5.52. The number of aryl methyl sites for hydroxylation is 2. The normalized spacial score (nSPS) is 14.3. The summed E-state index contributed by atoms with van der Waals surface area (Å²) >= 11 is 2.98. The first-order chi connectivity index (χ1) is 15.0. The molecule has 0 aliphatic carbocycles. The number of nitrogens with zero attached hydrogens (tertiary/aromatic N) is 3. The highest BCUT2D eigenvalue weighted by Crippen LogP contribution is 2.32. The summed E-state index contributed by atoms with van der Waals surface area (Å²) in [5.41, 5.74) is 3.32. The van der Waals surface area contributed by atoms with Gasteiger partial charge < -0.3 is 4.74 Å². The molecule has 0 saturated carbocycles. The number of morpholine rings is 1. The number of hydrogen-bond donors (Lipinski definition) is 0. The van der Waals surface area contributed by atoms with Gasteiger partial charge in [-0.15, -0.1) is 24.2 Å². The van der Waals surface area contributed by atoms with Crippen molar-refractivity contribution >= 4 is 56.8 Å². The van der Waals surface area contributed by atoms with Crippen molar-refractivity contribution in [3.8, 4) is 0 Å². The number of hydrogen-bond acceptors (Lipinski definition) is 6. The molecule has 0 unspecified atom stereocenters. The lowest BCUT2D eigenvalue weighted by atomic mass is 10.1. The van der Waals surface area contributed by atoms with Crippen LogP contribution < -0.4 is 4.90 Å². The van der Waals surface area contributed by atoms with E-state index in [0.29, 0.717) is 6.54 Å². The topological polar surface area (TPSA) is 45.7 Å². The molecule has 3 aromatic rings. The zero-order valence-electron chi connectivity index (χ0n) is 18.2. The van der Waals surface area contributed by atoms with Crippen LogP contribution in [0.2, 0.25) is 0 Å². The van der Waals surface area contributed by atoms with E-state index in [1.54, 1.807) is 23.5 Å². The Balaban J connectivity index is 0.00000289. The molecule has 0 bridgehead atoms. The molecule has 1 aromatic heterocycles. The summed E-state index contributed by atoms with van der Waals surface area (Å²) in [6.07, 6.45) is 0. The molecule has 1 amide bonds. The molecule has 2 heterocycles. The van der Waals surface area contributed by atoms with Crippen LogP contribution in [0.25, 0.3) is 10.2 Å². The van der Waals surface area contributed by atoms with Gasteiger partial charge in [-0.1, -0.05) is 17.4 Å². The van der Waals surface area contributed by atoms with Crippen molar-refractivity contribution in [1.29, 1.82) is 0 Å². The average molecular weight is 496 g/mol. The summed E-state index contributed by atoms with van der Waals surface area (Å²) in [6, 6.07) is 10.4. The molecular formula is C23H27ClFN3O2S2. The first-order valence-corrected chi connectivity index (χ1v) is 12.2. The molecule has 1 aliphatic heterocycles. The highest BCUT2D eigenvalue weighted by Gasteiger charge is 2.22.